The molecule has 0 heterocycles. The molecule has 0 fully saturated rings. The highest BCUT2D eigenvalue weighted by atomic mass is 35.5. The van der Waals surface area contributed by atoms with Crippen molar-refractivity contribution in [2.45, 2.75) is 44.9 Å². The van der Waals surface area contributed by atoms with Gasteiger partial charge in [-0.05, 0) is 30.0 Å². The molecule has 0 radical (unpaired) electrons. The minimum absolute atomic E-state index is 0.0131. The van der Waals surface area contributed by atoms with Gasteiger partial charge in [0, 0.05) is 0 Å². The molecule has 1 rings (SSSR count). The summed E-state index contributed by atoms with van der Waals surface area (Å²) in [7, 11) is 0. The average Bonchev–Trinajstić information content (AvgIpc) is 2.28. The molecule has 0 saturated carbocycles. The first-order valence-corrected chi connectivity index (χ1v) is 6.55. The van der Waals surface area contributed by atoms with Crippen molar-refractivity contribution in [1.29, 1.82) is 0 Å². The third-order valence-electron chi connectivity index (χ3n) is 3.08. The summed E-state index contributed by atoms with van der Waals surface area (Å²) in [5, 5.41) is 11.4. The second-order valence-corrected chi connectivity index (χ2v) is 6.38. The third-order valence-corrected chi connectivity index (χ3v) is 3.39. The Bertz CT molecular complexity index is 548. The maximum absolute atomic E-state index is 12.6. The van der Waals surface area contributed by atoms with Crippen molar-refractivity contribution >= 4 is 23.2 Å². The maximum atomic E-state index is 12.6. The van der Waals surface area contributed by atoms with Crippen molar-refractivity contribution in [2.24, 2.45) is 0 Å². The lowest BCUT2D eigenvalue weighted by molar-refractivity contribution is -0.242. The molecule has 1 unspecified atom stereocenters. The fourth-order valence-electron chi connectivity index (χ4n) is 1.46. The van der Waals surface area contributed by atoms with Crippen LogP contribution in [0.25, 0.3) is 0 Å². The predicted molar refractivity (Wildman–Crippen MR) is 75.5 cm³/mol. The van der Waals surface area contributed by atoms with Crippen LogP contribution in [0.5, 0.6) is 0 Å². The second kappa shape index (κ2) is 5.50. The van der Waals surface area contributed by atoms with Crippen LogP contribution >= 0.6 is 11.6 Å². The van der Waals surface area contributed by atoms with Crippen LogP contribution in [-0.2, 0) is 10.2 Å². The Morgan fingerprint density at radius 3 is 2.10 bits per heavy atom. The average molecular weight is 324 g/mol. The standard InChI is InChI=1S/C14H17ClF3NO2/c1-12(2,3)8-5-6-10(9(15)7-8)19-11(20)13(4,21)14(16,17)18/h5-7,21H,1-4H3,(H,19,20). The van der Waals surface area contributed by atoms with E-state index in [9.17, 15) is 23.1 Å². The van der Waals surface area contributed by atoms with E-state index in [0.29, 0.717) is 6.92 Å². The number of hydrogen-bond acceptors (Lipinski definition) is 2. The summed E-state index contributed by atoms with van der Waals surface area (Å²) in [5.74, 6) is -1.58. The van der Waals surface area contributed by atoms with E-state index < -0.39 is 17.7 Å². The molecule has 0 aliphatic heterocycles. The van der Waals surface area contributed by atoms with Crippen LogP contribution in [0.3, 0.4) is 0 Å². The molecule has 1 amide bonds. The molecule has 0 aliphatic carbocycles. The number of nitrogens with one attached hydrogen (secondary N) is 1. The van der Waals surface area contributed by atoms with Gasteiger partial charge in [0.1, 0.15) is 0 Å². The molecular formula is C14H17ClF3NO2. The summed E-state index contributed by atoms with van der Waals surface area (Å²) < 4.78 is 37.7. The third kappa shape index (κ3) is 3.89. The van der Waals surface area contributed by atoms with Gasteiger partial charge in [-0.15, -0.1) is 0 Å². The number of amides is 1. The van der Waals surface area contributed by atoms with Crippen molar-refractivity contribution in [3.63, 3.8) is 0 Å². The van der Waals surface area contributed by atoms with Gasteiger partial charge < -0.3 is 10.4 Å². The molecule has 1 aromatic carbocycles. The van der Waals surface area contributed by atoms with Crippen molar-refractivity contribution in [1.82, 2.24) is 0 Å². The molecule has 0 aromatic heterocycles. The van der Waals surface area contributed by atoms with Crippen LogP contribution in [0.15, 0.2) is 18.2 Å². The number of carbonyl (C=O) groups excluding carboxylic acids is 1. The summed E-state index contributed by atoms with van der Waals surface area (Å²) in [5.41, 5.74) is -2.80. The molecule has 7 heteroatoms. The first kappa shape index (κ1) is 17.8. The Hall–Kier alpha value is -1.27. The predicted octanol–water partition coefficient (Wildman–Crippen LogP) is 3.89. The molecule has 1 aromatic rings. The molecule has 0 saturated heterocycles. The summed E-state index contributed by atoms with van der Waals surface area (Å²) in [4.78, 5) is 11.6. The SMILES string of the molecule is CC(C)(C)c1ccc(NC(=O)C(C)(O)C(F)(F)F)c(Cl)c1. The van der Waals surface area contributed by atoms with E-state index in [1.165, 1.54) is 6.07 Å². The minimum Gasteiger partial charge on any atom is -0.373 e. The first-order valence-electron chi connectivity index (χ1n) is 6.17. The Kier molecular flexibility index (Phi) is 4.65. The second-order valence-electron chi connectivity index (χ2n) is 5.97. The largest absolute Gasteiger partial charge is 0.426 e. The van der Waals surface area contributed by atoms with Gasteiger partial charge in [-0.1, -0.05) is 38.4 Å². The lowest BCUT2D eigenvalue weighted by Crippen LogP contribution is -2.52. The van der Waals surface area contributed by atoms with Crippen LogP contribution in [0.1, 0.15) is 33.3 Å². The van der Waals surface area contributed by atoms with E-state index in [-0.39, 0.29) is 16.1 Å². The van der Waals surface area contributed by atoms with Crippen molar-refractivity contribution in [3.8, 4) is 0 Å². The minimum atomic E-state index is -5.07. The van der Waals surface area contributed by atoms with E-state index >= 15 is 0 Å². The molecule has 2 N–H and O–H groups in total. The van der Waals surface area contributed by atoms with Gasteiger partial charge in [0.05, 0.1) is 10.7 Å². The number of halogens is 4. The lowest BCUT2D eigenvalue weighted by atomic mass is 9.87. The maximum Gasteiger partial charge on any atom is 0.426 e. The zero-order chi connectivity index (χ0) is 16.6. The fraction of sp³-hybridized carbons (Fsp3) is 0.500. The normalized spacial score (nSPS) is 15.5. The molecule has 0 spiro atoms. The summed E-state index contributed by atoms with van der Waals surface area (Å²) in [6.45, 7) is 6.24. The molecule has 1 atom stereocenters. The Morgan fingerprint density at radius 2 is 1.71 bits per heavy atom. The number of carbonyl (C=O) groups is 1. The van der Waals surface area contributed by atoms with Crippen LogP contribution < -0.4 is 5.32 Å². The van der Waals surface area contributed by atoms with E-state index in [4.69, 9.17) is 11.6 Å². The highest BCUT2D eigenvalue weighted by Crippen LogP contribution is 2.33. The number of anilines is 1. The number of alkyl halides is 3. The highest BCUT2D eigenvalue weighted by Gasteiger charge is 2.55. The molecule has 21 heavy (non-hydrogen) atoms. The lowest BCUT2D eigenvalue weighted by Gasteiger charge is -2.25. The molecule has 0 aliphatic rings. The molecule has 118 valence electrons. The van der Waals surface area contributed by atoms with Gasteiger partial charge in [-0.3, -0.25) is 4.79 Å². The van der Waals surface area contributed by atoms with Crippen LogP contribution in [0, 0.1) is 0 Å². The Labute approximate surface area is 126 Å². The molecular weight excluding hydrogens is 307 g/mol. The number of hydrogen-bond donors (Lipinski definition) is 2. The van der Waals surface area contributed by atoms with Gasteiger partial charge in [0.2, 0.25) is 5.60 Å². The summed E-state index contributed by atoms with van der Waals surface area (Å²) in [6, 6.07) is 4.64. The van der Waals surface area contributed by atoms with Gasteiger partial charge >= 0.3 is 6.18 Å². The van der Waals surface area contributed by atoms with Gasteiger partial charge in [-0.2, -0.15) is 13.2 Å². The molecule has 3 nitrogen and oxygen atoms in total. The smallest absolute Gasteiger partial charge is 0.373 e. The fourth-order valence-corrected chi connectivity index (χ4v) is 1.68. The zero-order valence-corrected chi connectivity index (χ0v) is 12.9. The van der Waals surface area contributed by atoms with Gasteiger partial charge in [0.25, 0.3) is 5.91 Å². The zero-order valence-electron chi connectivity index (χ0n) is 12.1. The van der Waals surface area contributed by atoms with Crippen molar-refractivity contribution in [3.05, 3.63) is 28.8 Å². The number of benzene rings is 1. The van der Waals surface area contributed by atoms with Crippen molar-refractivity contribution in [2.75, 3.05) is 5.32 Å². The Morgan fingerprint density at radius 1 is 1.19 bits per heavy atom. The molecule has 0 bridgehead atoms. The summed E-state index contributed by atoms with van der Waals surface area (Å²) >= 11 is 5.97. The van der Waals surface area contributed by atoms with Crippen LogP contribution in [-0.4, -0.2) is 22.8 Å². The first-order chi connectivity index (χ1) is 9.26. The highest BCUT2D eigenvalue weighted by molar-refractivity contribution is 6.33. The van der Waals surface area contributed by atoms with Crippen LogP contribution in [0.2, 0.25) is 5.02 Å². The topological polar surface area (TPSA) is 49.3 Å². The van der Waals surface area contributed by atoms with Crippen molar-refractivity contribution < 1.29 is 23.1 Å². The van der Waals surface area contributed by atoms with Crippen LogP contribution in [0.4, 0.5) is 18.9 Å². The van der Waals surface area contributed by atoms with E-state index in [1.807, 2.05) is 26.1 Å². The quantitative estimate of drug-likeness (QED) is 0.867. The Balaban J connectivity index is 3.03. The van der Waals surface area contributed by atoms with E-state index in [0.717, 1.165) is 5.56 Å². The number of aliphatic hydroxyl groups is 1. The number of rotatable bonds is 2. The summed E-state index contributed by atoms with van der Waals surface area (Å²) in [6.07, 6.45) is -5.07. The van der Waals surface area contributed by atoms with E-state index in [2.05, 4.69) is 0 Å². The monoisotopic (exact) mass is 323 g/mol. The van der Waals surface area contributed by atoms with E-state index in [1.54, 1.807) is 12.1 Å². The van der Waals surface area contributed by atoms with Gasteiger partial charge in [-0.25, -0.2) is 0 Å². The van der Waals surface area contributed by atoms with Gasteiger partial charge in [0.15, 0.2) is 0 Å².